The number of piperidine rings is 1. The van der Waals surface area contributed by atoms with Gasteiger partial charge >= 0.3 is 0 Å². The first kappa shape index (κ1) is 28.2. The van der Waals surface area contributed by atoms with Gasteiger partial charge in [-0.2, -0.15) is 0 Å². The number of benzene rings is 2. The minimum absolute atomic E-state index is 0.0878. The molecule has 0 radical (unpaired) electrons. The van der Waals surface area contributed by atoms with Crippen LogP contribution in [0.2, 0.25) is 0 Å². The van der Waals surface area contributed by atoms with Crippen LogP contribution < -0.4 is 11.1 Å². The Balaban J connectivity index is 1.55. The summed E-state index contributed by atoms with van der Waals surface area (Å²) in [7, 11) is 0. The third-order valence-electron chi connectivity index (χ3n) is 7.97. The fourth-order valence-corrected chi connectivity index (χ4v) is 5.83. The van der Waals surface area contributed by atoms with Crippen molar-refractivity contribution in [1.29, 1.82) is 0 Å². The maximum atomic E-state index is 13.7. The van der Waals surface area contributed by atoms with Crippen LogP contribution >= 0.6 is 0 Å². The van der Waals surface area contributed by atoms with Crippen LogP contribution in [-0.2, 0) is 11.3 Å². The average Bonchev–Trinajstić information content (AvgIpc) is 2.90. The molecule has 2 aliphatic rings. The molecule has 2 aromatic rings. The molecule has 2 aromatic carbocycles. The monoisotopic (exact) mass is 522 g/mol. The number of nitrogens with zero attached hydrogens (tertiary/aromatic N) is 2. The third kappa shape index (κ3) is 7.41. The minimum Gasteiger partial charge on any atom is -0.352 e. The van der Waals surface area contributed by atoms with Gasteiger partial charge in [0.05, 0.1) is 0 Å². The molecule has 2 amide bonds. The van der Waals surface area contributed by atoms with Gasteiger partial charge in [0.2, 0.25) is 5.91 Å². The molecule has 206 valence electrons. The Labute approximate surface area is 226 Å². The Morgan fingerprint density at radius 3 is 2.32 bits per heavy atom. The molecule has 4 rings (SSSR count). The van der Waals surface area contributed by atoms with E-state index in [1.807, 2.05) is 0 Å². The van der Waals surface area contributed by atoms with Crippen molar-refractivity contribution in [2.75, 3.05) is 13.1 Å². The summed E-state index contributed by atoms with van der Waals surface area (Å²) >= 11 is 0. The van der Waals surface area contributed by atoms with Crippen molar-refractivity contribution in [2.45, 2.75) is 90.0 Å². The number of halogens is 1. The van der Waals surface area contributed by atoms with Gasteiger partial charge in [-0.05, 0) is 81.2 Å². The quantitative estimate of drug-likeness (QED) is 0.529. The molecule has 1 aliphatic carbocycles. The molecule has 1 saturated carbocycles. The first-order valence-corrected chi connectivity index (χ1v) is 14.1. The van der Waals surface area contributed by atoms with Crippen molar-refractivity contribution in [3.8, 4) is 0 Å². The van der Waals surface area contributed by atoms with Crippen LogP contribution in [0.3, 0.4) is 0 Å². The molecule has 0 bridgehead atoms. The van der Waals surface area contributed by atoms with Gasteiger partial charge in [-0.1, -0.05) is 43.7 Å². The molecule has 0 spiro atoms. The number of amides is 2. The average molecular weight is 523 g/mol. The van der Waals surface area contributed by atoms with Gasteiger partial charge in [0, 0.05) is 43.3 Å². The van der Waals surface area contributed by atoms with Crippen LogP contribution in [0, 0.1) is 18.7 Å². The highest BCUT2D eigenvalue weighted by atomic mass is 19.1. The van der Waals surface area contributed by atoms with E-state index < -0.39 is 6.04 Å². The summed E-state index contributed by atoms with van der Waals surface area (Å²) in [4.78, 5) is 31.4. The molecule has 6 nitrogen and oxygen atoms in total. The zero-order valence-corrected chi connectivity index (χ0v) is 23.0. The molecule has 7 heteroatoms. The van der Waals surface area contributed by atoms with E-state index in [1.165, 1.54) is 35.4 Å². The van der Waals surface area contributed by atoms with E-state index in [1.54, 1.807) is 4.90 Å². The molecule has 1 aliphatic heterocycles. The number of likely N-dealkylation sites (tertiary alicyclic amines) is 1. The number of rotatable bonds is 8. The molecule has 38 heavy (non-hydrogen) atoms. The molecule has 1 heterocycles. The van der Waals surface area contributed by atoms with E-state index >= 15 is 0 Å². The molecule has 1 saturated heterocycles. The van der Waals surface area contributed by atoms with Crippen LogP contribution in [0.25, 0.3) is 0 Å². The van der Waals surface area contributed by atoms with Crippen molar-refractivity contribution < 1.29 is 14.0 Å². The van der Waals surface area contributed by atoms with Crippen LogP contribution in [-0.4, -0.2) is 58.9 Å². The van der Waals surface area contributed by atoms with Crippen LogP contribution in [0.5, 0.6) is 0 Å². The van der Waals surface area contributed by atoms with E-state index in [-0.39, 0.29) is 35.8 Å². The number of hydrogen-bond donors (Lipinski definition) is 2. The zero-order valence-electron chi connectivity index (χ0n) is 23.0. The summed E-state index contributed by atoms with van der Waals surface area (Å²) < 4.78 is 13.5. The van der Waals surface area contributed by atoms with Gasteiger partial charge in [0.1, 0.15) is 11.9 Å². The van der Waals surface area contributed by atoms with Crippen molar-refractivity contribution in [1.82, 2.24) is 15.1 Å². The van der Waals surface area contributed by atoms with Gasteiger partial charge in [0.25, 0.3) is 5.91 Å². The normalized spacial score (nSPS) is 24.0. The Morgan fingerprint density at radius 1 is 1.03 bits per heavy atom. The third-order valence-corrected chi connectivity index (χ3v) is 7.97. The van der Waals surface area contributed by atoms with Gasteiger partial charge < -0.3 is 16.0 Å². The zero-order chi connectivity index (χ0) is 27.2. The molecule has 2 atom stereocenters. The van der Waals surface area contributed by atoms with Gasteiger partial charge in [-0.25, -0.2) is 4.39 Å². The number of carbonyl (C=O) groups excluding carboxylic acids is 2. The van der Waals surface area contributed by atoms with Crippen molar-refractivity contribution in [3.63, 3.8) is 0 Å². The fraction of sp³-hybridized carbons (Fsp3) is 0.548. The summed E-state index contributed by atoms with van der Waals surface area (Å²) in [5, 5.41) is 3.24. The van der Waals surface area contributed by atoms with Gasteiger partial charge in [-0.15, -0.1) is 0 Å². The summed E-state index contributed by atoms with van der Waals surface area (Å²) in [5.74, 6) is -0.225. The number of nitrogens with two attached hydrogens (primary N) is 1. The Hall–Kier alpha value is -2.77. The highest BCUT2D eigenvalue weighted by Gasteiger charge is 2.39. The van der Waals surface area contributed by atoms with Crippen LogP contribution in [0.15, 0.2) is 48.5 Å². The second kappa shape index (κ2) is 12.9. The number of aryl methyl sites for hydroxylation is 1. The van der Waals surface area contributed by atoms with Crippen molar-refractivity contribution >= 4 is 11.8 Å². The lowest BCUT2D eigenvalue weighted by molar-refractivity contribution is -0.128. The van der Waals surface area contributed by atoms with Crippen molar-refractivity contribution in [3.05, 3.63) is 71.0 Å². The Morgan fingerprint density at radius 2 is 1.68 bits per heavy atom. The van der Waals surface area contributed by atoms with Gasteiger partial charge in [0.15, 0.2) is 0 Å². The van der Waals surface area contributed by atoms with E-state index in [2.05, 4.69) is 55.3 Å². The molecular formula is C31H43FN4O2. The molecule has 0 aromatic heterocycles. The summed E-state index contributed by atoms with van der Waals surface area (Å²) in [6.45, 7) is 8.73. The second-order valence-corrected chi connectivity index (χ2v) is 11.6. The van der Waals surface area contributed by atoms with E-state index in [0.717, 1.165) is 45.2 Å². The molecule has 2 fully saturated rings. The molecule has 1 unspecified atom stereocenters. The van der Waals surface area contributed by atoms with Crippen LogP contribution in [0.1, 0.15) is 73.9 Å². The highest BCUT2D eigenvalue weighted by Crippen LogP contribution is 2.27. The van der Waals surface area contributed by atoms with Crippen LogP contribution in [0.4, 0.5) is 4.39 Å². The topological polar surface area (TPSA) is 78.7 Å². The maximum absolute atomic E-state index is 13.7. The Kier molecular flexibility index (Phi) is 9.55. The highest BCUT2D eigenvalue weighted by molar-refractivity contribution is 5.97. The fourth-order valence-electron chi connectivity index (χ4n) is 5.83. The lowest BCUT2D eigenvalue weighted by Gasteiger charge is -2.44. The number of hydrogen-bond acceptors (Lipinski definition) is 4. The Bertz CT molecular complexity index is 1060. The SMILES string of the molecule is Cc1ccc(CN(CC(C)C)C2CCN(C(=O)c3ccc(F)cc3)[C@@H](C(=O)NC3CCC(N)CC3)C2)cc1. The van der Waals surface area contributed by atoms with E-state index in [9.17, 15) is 14.0 Å². The predicted molar refractivity (Wildman–Crippen MR) is 149 cm³/mol. The second-order valence-electron chi connectivity index (χ2n) is 11.6. The molecule has 3 N–H and O–H groups in total. The largest absolute Gasteiger partial charge is 0.352 e. The first-order chi connectivity index (χ1) is 18.2. The first-order valence-electron chi connectivity index (χ1n) is 14.1. The van der Waals surface area contributed by atoms with Crippen molar-refractivity contribution in [2.24, 2.45) is 11.7 Å². The van der Waals surface area contributed by atoms with E-state index in [0.29, 0.717) is 24.4 Å². The minimum atomic E-state index is -0.574. The lowest BCUT2D eigenvalue weighted by Crippen LogP contribution is -2.58. The lowest BCUT2D eigenvalue weighted by atomic mass is 9.90. The van der Waals surface area contributed by atoms with Gasteiger partial charge in [-0.3, -0.25) is 14.5 Å². The standard InChI is InChI=1S/C31H43FN4O2/c1-21(2)19-35(20-23-6-4-22(3)5-7-23)28-16-17-36(31(38)24-8-10-25(32)11-9-24)29(18-28)30(37)34-27-14-12-26(33)13-15-27/h4-11,21,26-29H,12-20,33H2,1-3H3,(H,34,37)/t26?,27?,28?,29-/m1/s1. The number of carbonyl (C=O) groups is 2. The summed E-state index contributed by atoms with van der Waals surface area (Å²) in [5.41, 5.74) is 8.96. The molecular weight excluding hydrogens is 479 g/mol. The smallest absolute Gasteiger partial charge is 0.254 e. The number of nitrogens with one attached hydrogen (secondary N) is 1. The van der Waals surface area contributed by atoms with E-state index in [4.69, 9.17) is 5.73 Å². The maximum Gasteiger partial charge on any atom is 0.254 e. The summed E-state index contributed by atoms with van der Waals surface area (Å²) in [6, 6.07) is 14.1. The summed E-state index contributed by atoms with van der Waals surface area (Å²) in [6.07, 6.45) is 4.88. The predicted octanol–water partition coefficient (Wildman–Crippen LogP) is 4.65.